The van der Waals surface area contributed by atoms with E-state index in [2.05, 4.69) is 10.6 Å². The number of amides is 2. The van der Waals surface area contributed by atoms with Gasteiger partial charge in [-0.2, -0.15) is 0 Å². The van der Waals surface area contributed by atoms with Crippen LogP contribution in [0.1, 0.15) is 53.3 Å². The summed E-state index contributed by atoms with van der Waals surface area (Å²) in [5, 5.41) is 5.62. The van der Waals surface area contributed by atoms with Crippen molar-refractivity contribution in [3.8, 4) is 0 Å². The lowest BCUT2D eigenvalue weighted by atomic mass is 9.96. The second-order valence-corrected chi connectivity index (χ2v) is 6.78. The number of rotatable bonds is 4. The molecule has 1 rings (SSSR count). The van der Waals surface area contributed by atoms with Gasteiger partial charge >= 0.3 is 5.97 Å². The Labute approximate surface area is 134 Å². The summed E-state index contributed by atoms with van der Waals surface area (Å²) in [5.41, 5.74) is 0.197. The Kier molecular flexibility index (Phi) is 5.71. The van der Waals surface area contributed by atoms with E-state index < -0.39 is 11.4 Å². The number of hydrogen-bond donors (Lipinski definition) is 2. The maximum absolute atomic E-state index is 12.2. The summed E-state index contributed by atoms with van der Waals surface area (Å²) in [7, 11) is 1.50. The van der Waals surface area contributed by atoms with Gasteiger partial charge in [0.05, 0.1) is 12.2 Å². The molecule has 0 aromatic carbocycles. The molecule has 0 aliphatic rings. The van der Waals surface area contributed by atoms with Crippen molar-refractivity contribution in [3.63, 3.8) is 0 Å². The molecule has 122 valence electrons. The number of hydrogen-bond acceptors (Lipinski definition) is 5. The number of carbonyl (C=O) groups excluding carboxylic acids is 3. The normalized spacial score (nSPS) is 11.0. The maximum atomic E-state index is 12.2. The van der Waals surface area contributed by atoms with Crippen molar-refractivity contribution < 1.29 is 19.1 Å². The van der Waals surface area contributed by atoms with Gasteiger partial charge in [0.2, 0.25) is 5.91 Å². The average Bonchev–Trinajstić information content (AvgIpc) is 2.74. The fourth-order valence-electron chi connectivity index (χ4n) is 1.68. The molecule has 0 unspecified atom stereocenters. The molecule has 6 nitrogen and oxygen atoms in total. The molecule has 0 atom stereocenters. The highest BCUT2D eigenvalue weighted by molar-refractivity contribution is 7.18. The van der Waals surface area contributed by atoms with Crippen LogP contribution < -0.4 is 10.6 Å². The summed E-state index contributed by atoms with van der Waals surface area (Å²) >= 11 is 1.05. The van der Waals surface area contributed by atoms with Crippen molar-refractivity contribution in [3.05, 3.63) is 16.0 Å². The first-order chi connectivity index (χ1) is 10.1. The smallest absolute Gasteiger partial charge is 0.348 e. The summed E-state index contributed by atoms with van der Waals surface area (Å²) in [6, 6.07) is 0. The first-order valence-electron chi connectivity index (χ1n) is 6.97. The molecule has 1 aromatic heterocycles. The lowest BCUT2D eigenvalue weighted by Crippen LogP contribution is -2.28. The Morgan fingerprint density at radius 2 is 1.82 bits per heavy atom. The van der Waals surface area contributed by atoms with Crippen LogP contribution in [-0.2, 0) is 9.53 Å². The van der Waals surface area contributed by atoms with Crippen LogP contribution in [0.2, 0.25) is 0 Å². The van der Waals surface area contributed by atoms with Crippen LogP contribution in [0.15, 0.2) is 0 Å². The van der Waals surface area contributed by atoms with Gasteiger partial charge in [0, 0.05) is 12.5 Å². The molecule has 2 N–H and O–H groups in total. The lowest BCUT2D eigenvalue weighted by Gasteiger charge is -2.17. The van der Waals surface area contributed by atoms with Crippen molar-refractivity contribution in [2.24, 2.45) is 5.41 Å². The number of nitrogens with one attached hydrogen (secondary N) is 2. The topological polar surface area (TPSA) is 84.5 Å². The third-order valence-electron chi connectivity index (χ3n) is 2.97. The van der Waals surface area contributed by atoms with E-state index in [-0.39, 0.29) is 18.4 Å². The average molecular weight is 326 g/mol. The highest BCUT2D eigenvalue weighted by Gasteiger charge is 2.28. The van der Waals surface area contributed by atoms with E-state index in [4.69, 9.17) is 4.74 Å². The van der Waals surface area contributed by atoms with E-state index in [9.17, 15) is 14.4 Å². The minimum absolute atomic E-state index is 0.227. The monoisotopic (exact) mass is 326 g/mol. The molecule has 1 aromatic rings. The van der Waals surface area contributed by atoms with Gasteiger partial charge in [0.1, 0.15) is 9.88 Å². The molecule has 0 aliphatic carbocycles. The van der Waals surface area contributed by atoms with E-state index in [1.54, 1.807) is 34.6 Å². The van der Waals surface area contributed by atoms with Gasteiger partial charge in [-0.3, -0.25) is 9.59 Å². The Morgan fingerprint density at radius 3 is 2.27 bits per heavy atom. The predicted octanol–water partition coefficient (Wildman–Crippen LogP) is 2.58. The van der Waals surface area contributed by atoms with Gasteiger partial charge in [0.25, 0.3) is 5.91 Å². The number of thiophene rings is 1. The molecule has 2 amide bonds. The molecular weight excluding hydrogens is 304 g/mol. The van der Waals surface area contributed by atoms with E-state index in [1.807, 2.05) is 0 Å². The van der Waals surface area contributed by atoms with Crippen LogP contribution in [0.3, 0.4) is 0 Å². The van der Waals surface area contributed by atoms with Crippen LogP contribution in [0.5, 0.6) is 0 Å². The predicted molar refractivity (Wildman–Crippen MR) is 86.5 cm³/mol. The van der Waals surface area contributed by atoms with Gasteiger partial charge in [-0.1, -0.05) is 20.8 Å². The Morgan fingerprint density at radius 1 is 1.23 bits per heavy atom. The number of ether oxygens (including phenoxy) is 1. The zero-order valence-corrected chi connectivity index (χ0v) is 14.6. The molecule has 7 heteroatoms. The van der Waals surface area contributed by atoms with Gasteiger partial charge in [-0.25, -0.2) is 4.79 Å². The largest absolute Gasteiger partial charge is 0.462 e. The third-order valence-corrected chi connectivity index (χ3v) is 4.16. The quantitative estimate of drug-likeness (QED) is 0.833. The first-order valence-corrected chi connectivity index (χ1v) is 7.79. The third kappa shape index (κ3) is 3.85. The first kappa shape index (κ1) is 18.2. The number of carbonyl (C=O) groups is 3. The van der Waals surface area contributed by atoms with E-state index in [0.29, 0.717) is 21.0 Å². The molecule has 0 fully saturated rings. The van der Waals surface area contributed by atoms with Crippen LogP contribution in [0.4, 0.5) is 5.00 Å². The Bertz CT molecular complexity index is 599. The standard InChI is InChI=1S/C15H22N2O4S/c1-7-21-13(19)10-8(2)9(11(18)16-6)12(22-10)17-14(20)15(3,4)5/h7H2,1-6H3,(H,16,18)(H,17,20). The minimum Gasteiger partial charge on any atom is -0.462 e. The second kappa shape index (κ2) is 6.91. The zero-order valence-electron chi connectivity index (χ0n) is 13.7. The zero-order chi connectivity index (χ0) is 17.1. The molecule has 0 radical (unpaired) electrons. The molecular formula is C15H22N2O4S. The molecule has 22 heavy (non-hydrogen) atoms. The van der Waals surface area contributed by atoms with Crippen molar-refractivity contribution in [1.82, 2.24) is 5.32 Å². The van der Waals surface area contributed by atoms with Crippen molar-refractivity contribution >= 4 is 34.1 Å². The summed E-state index contributed by atoms with van der Waals surface area (Å²) < 4.78 is 4.99. The van der Waals surface area contributed by atoms with Crippen LogP contribution in [0.25, 0.3) is 0 Å². The highest BCUT2D eigenvalue weighted by atomic mass is 32.1. The van der Waals surface area contributed by atoms with Crippen molar-refractivity contribution in [2.45, 2.75) is 34.6 Å². The molecule has 1 heterocycles. The van der Waals surface area contributed by atoms with Gasteiger partial charge < -0.3 is 15.4 Å². The van der Waals surface area contributed by atoms with Gasteiger partial charge in [-0.15, -0.1) is 11.3 Å². The fourth-order valence-corrected chi connectivity index (χ4v) is 2.78. The lowest BCUT2D eigenvalue weighted by molar-refractivity contribution is -0.123. The van der Waals surface area contributed by atoms with Crippen LogP contribution in [-0.4, -0.2) is 31.4 Å². The number of esters is 1. The fraction of sp³-hybridized carbons (Fsp3) is 0.533. The summed E-state index contributed by atoms with van der Waals surface area (Å²) in [6.45, 7) is 8.94. The molecule has 0 saturated heterocycles. The van der Waals surface area contributed by atoms with Gasteiger partial charge in [-0.05, 0) is 19.4 Å². The minimum atomic E-state index is -0.609. The number of anilines is 1. The van der Waals surface area contributed by atoms with E-state index in [1.165, 1.54) is 7.05 Å². The summed E-state index contributed by atoms with van der Waals surface area (Å²) in [5.74, 6) is -1.07. The van der Waals surface area contributed by atoms with Crippen LogP contribution >= 0.6 is 11.3 Å². The summed E-state index contributed by atoms with van der Waals surface area (Å²) in [6.07, 6.45) is 0. The SMILES string of the molecule is CCOC(=O)c1sc(NC(=O)C(C)(C)C)c(C(=O)NC)c1C. The Balaban J connectivity index is 3.31. The van der Waals surface area contributed by atoms with Crippen molar-refractivity contribution in [2.75, 3.05) is 19.0 Å². The van der Waals surface area contributed by atoms with E-state index in [0.717, 1.165) is 11.3 Å². The molecule has 0 bridgehead atoms. The van der Waals surface area contributed by atoms with Crippen molar-refractivity contribution in [1.29, 1.82) is 0 Å². The van der Waals surface area contributed by atoms with E-state index >= 15 is 0 Å². The summed E-state index contributed by atoms with van der Waals surface area (Å²) in [4.78, 5) is 36.5. The molecule has 0 spiro atoms. The molecule has 0 saturated carbocycles. The van der Waals surface area contributed by atoms with Gasteiger partial charge in [0.15, 0.2) is 0 Å². The molecule has 0 aliphatic heterocycles. The van der Waals surface area contributed by atoms with Crippen LogP contribution in [0, 0.1) is 12.3 Å². The highest BCUT2D eigenvalue weighted by Crippen LogP contribution is 2.34. The maximum Gasteiger partial charge on any atom is 0.348 e. The second-order valence-electron chi connectivity index (χ2n) is 5.76. The Hall–Kier alpha value is -1.89.